The number of ether oxygens (including phenoxy) is 2. The monoisotopic (exact) mass is 605 g/mol. The molecule has 0 N–H and O–H groups in total. The van der Waals surface area contributed by atoms with Gasteiger partial charge in [0.05, 0.1) is 27.7 Å². The van der Waals surface area contributed by atoms with E-state index in [1.54, 1.807) is 0 Å². The zero-order valence-corrected chi connectivity index (χ0v) is 27.6. The maximum atomic E-state index is 12.4. The molecule has 242 valence electrons. The highest BCUT2D eigenvalue weighted by Gasteiger charge is 2.21. The van der Waals surface area contributed by atoms with Crippen LogP contribution in [0.5, 0.6) is 0 Å². The molecule has 0 aliphatic heterocycles. The van der Waals surface area contributed by atoms with Gasteiger partial charge in [0.1, 0.15) is 19.8 Å². The van der Waals surface area contributed by atoms with Crippen molar-refractivity contribution in [2.45, 2.75) is 129 Å². The Hall–Kier alpha value is -1.25. The Balaban J connectivity index is 4.28. The van der Waals surface area contributed by atoms with Crippen LogP contribution in [0.4, 0.5) is 0 Å². The first-order chi connectivity index (χ1) is 19.5. The van der Waals surface area contributed by atoms with Crippen LogP contribution in [0.25, 0.3) is 0 Å². The average molecular weight is 606 g/mol. The molecule has 2 atom stereocenters. The van der Waals surface area contributed by atoms with Gasteiger partial charge in [-0.1, -0.05) is 83.8 Å². The van der Waals surface area contributed by atoms with Gasteiger partial charge in [-0.2, -0.15) is 0 Å². The quantitative estimate of drug-likeness (QED) is 0.0312. The molecule has 9 nitrogen and oxygen atoms in total. The van der Waals surface area contributed by atoms with Crippen molar-refractivity contribution in [2.24, 2.45) is 0 Å². The van der Waals surface area contributed by atoms with Crippen molar-refractivity contribution < 1.29 is 42.1 Å². The Morgan fingerprint density at radius 1 is 0.732 bits per heavy atom. The van der Waals surface area contributed by atoms with E-state index in [0.717, 1.165) is 38.5 Å². The molecule has 0 amide bonds. The molecule has 0 radical (unpaired) electrons. The number of unbranched alkanes of at least 4 members (excludes halogenated alkanes) is 12. The Morgan fingerprint density at radius 3 is 1.85 bits per heavy atom. The van der Waals surface area contributed by atoms with Gasteiger partial charge in [-0.25, -0.2) is 0 Å². The number of carbonyl (C=O) groups excluding carboxylic acids is 2. The Kier molecular flexibility index (Phi) is 24.5. The molecule has 2 unspecified atom stereocenters. The molecule has 0 saturated heterocycles. The topological polar surface area (TPSA) is 111 Å². The maximum Gasteiger partial charge on any atom is 0.306 e. The molecule has 10 heteroatoms. The number of likely N-dealkylation sites (N-methyl/N-ethyl adjacent to an activating group) is 1. The predicted molar refractivity (Wildman–Crippen MR) is 162 cm³/mol. The molecule has 0 aromatic rings. The lowest BCUT2D eigenvalue weighted by Gasteiger charge is -2.28. The van der Waals surface area contributed by atoms with Crippen molar-refractivity contribution in [3.8, 4) is 0 Å². The van der Waals surface area contributed by atoms with Crippen molar-refractivity contribution in [1.29, 1.82) is 0 Å². The highest BCUT2D eigenvalue weighted by Crippen LogP contribution is 2.38. The summed E-state index contributed by atoms with van der Waals surface area (Å²) in [7, 11) is 1.15. The Bertz CT molecular complexity index is 738. The largest absolute Gasteiger partial charge is 0.756 e. The summed E-state index contributed by atoms with van der Waals surface area (Å²) < 4.78 is 33.1. The number of hydrogen-bond acceptors (Lipinski definition) is 8. The lowest BCUT2D eigenvalue weighted by Crippen LogP contribution is -2.37. The second-order valence-corrected chi connectivity index (χ2v) is 13.2. The molecular weight excluding hydrogens is 545 g/mol. The minimum absolute atomic E-state index is 0.0315. The summed E-state index contributed by atoms with van der Waals surface area (Å²) >= 11 is 0. The van der Waals surface area contributed by atoms with Crippen molar-refractivity contribution >= 4 is 19.8 Å². The van der Waals surface area contributed by atoms with Gasteiger partial charge in [0.2, 0.25) is 0 Å². The summed E-state index contributed by atoms with van der Waals surface area (Å²) in [6.07, 6.45) is 20.7. The van der Waals surface area contributed by atoms with Crippen LogP contribution in [0.2, 0.25) is 0 Å². The zero-order valence-electron chi connectivity index (χ0n) is 26.7. The molecule has 0 aliphatic rings. The molecule has 0 aromatic carbocycles. The number of phosphoric acid groups is 1. The minimum atomic E-state index is -4.59. The fourth-order valence-electron chi connectivity index (χ4n) is 3.92. The van der Waals surface area contributed by atoms with Gasteiger partial charge < -0.3 is 27.9 Å². The number of carbonyl (C=O) groups is 2. The summed E-state index contributed by atoms with van der Waals surface area (Å²) in [6, 6.07) is 0. The van der Waals surface area contributed by atoms with E-state index < -0.39 is 32.5 Å². The van der Waals surface area contributed by atoms with Crippen molar-refractivity contribution in [3.63, 3.8) is 0 Å². The van der Waals surface area contributed by atoms with E-state index in [1.165, 1.54) is 44.9 Å². The minimum Gasteiger partial charge on any atom is -0.756 e. The van der Waals surface area contributed by atoms with Gasteiger partial charge in [-0.3, -0.25) is 14.2 Å². The van der Waals surface area contributed by atoms with Crippen LogP contribution in [0.1, 0.15) is 123 Å². The van der Waals surface area contributed by atoms with Crippen molar-refractivity contribution in [2.75, 3.05) is 47.5 Å². The summed E-state index contributed by atoms with van der Waals surface area (Å²) in [5.41, 5.74) is 0. The molecule has 0 aromatic heterocycles. The third-order valence-corrected chi connectivity index (χ3v) is 7.50. The van der Waals surface area contributed by atoms with Gasteiger partial charge in [0.15, 0.2) is 6.10 Å². The van der Waals surface area contributed by atoms with Crippen LogP contribution < -0.4 is 4.89 Å². The van der Waals surface area contributed by atoms with Gasteiger partial charge in [-0.15, -0.1) is 0 Å². The van der Waals surface area contributed by atoms with Crippen LogP contribution in [0, 0.1) is 0 Å². The first-order valence-corrected chi connectivity index (χ1v) is 17.4. The van der Waals surface area contributed by atoms with E-state index in [9.17, 15) is 19.0 Å². The third kappa shape index (κ3) is 28.6. The number of phosphoric ester groups is 1. The Morgan fingerprint density at radius 2 is 1.27 bits per heavy atom. The molecule has 0 heterocycles. The maximum absolute atomic E-state index is 12.4. The SMILES string of the molecule is CCCCCCCC/C=C\CCCCCCCC(=O)OC(COC(=O)CCCC)COP(=O)([O-])OCC[N+](C)(C)C. The number of allylic oxidation sites excluding steroid dienone is 2. The molecule has 0 spiro atoms. The number of esters is 2. The van der Waals surface area contributed by atoms with Gasteiger partial charge in [0.25, 0.3) is 7.82 Å². The summed E-state index contributed by atoms with van der Waals surface area (Å²) in [5, 5.41) is 0. The standard InChI is InChI=1S/C31H60NO8P/c1-6-8-10-11-12-13-14-15-16-17-18-19-20-21-22-24-31(34)40-29(27-37-30(33)23-9-7-2)28-39-41(35,36)38-26-25-32(3,4)5/h15-16,29H,6-14,17-28H2,1-5H3/b16-15-. The first kappa shape index (κ1) is 39.8. The second-order valence-electron chi connectivity index (χ2n) is 11.8. The smallest absolute Gasteiger partial charge is 0.306 e. The lowest BCUT2D eigenvalue weighted by atomic mass is 10.1. The van der Waals surface area contributed by atoms with Crippen LogP contribution >= 0.6 is 7.82 Å². The molecule has 0 fully saturated rings. The number of nitrogens with zero attached hydrogens (tertiary/aromatic N) is 1. The van der Waals surface area contributed by atoms with E-state index in [0.29, 0.717) is 23.9 Å². The molecule has 41 heavy (non-hydrogen) atoms. The van der Waals surface area contributed by atoms with Crippen LogP contribution in [0.15, 0.2) is 12.2 Å². The van der Waals surface area contributed by atoms with E-state index in [2.05, 4.69) is 19.1 Å². The van der Waals surface area contributed by atoms with Crippen LogP contribution in [0.3, 0.4) is 0 Å². The molecule has 0 bridgehead atoms. The molecule has 0 saturated carbocycles. The number of quaternary nitrogens is 1. The van der Waals surface area contributed by atoms with Gasteiger partial charge in [0, 0.05) is 12.8 Å². The Labute approximate surface area is 250 Å². The third-order valence-electron chi connectivity index (χ3n) is 6.54. The van der Waals surface area contributed by atoms with Crippen LogP contribution in [-0.4, -0.2) is 70.0 Å². The second kappa shape index (κ2) is 25.3. The highest BCUT2D eigenvalue weighted by molar-refractivity contribution is 7.45. The zero-order chi connectivity index (χ0) is 30.8. The summed E-state index contributed by atoms with van der Waals surface area (Å²) in [6.45, 7) is 3.91. The van der Waals surface area contributed by atoms with Crippen molar-refractivity contribution in [1.82, 2.24) is 0 Å². The number of hydrogen-bond donors (Lipinski definition) is 0. The lowest BCUT2D eigenvalue weighted by molar-refractivity contribution is -0.870. The average Bonchev–Trinajstić information content (AvgIpc) is 2.90. The van der Waals surface area contributed by atoms with Crippen molar-refractivity contribution in [3.05, 3.63) is 12.2 Å². The predicted octanol–water partition coefficient (Wildman–Crippen LogP) is 6.88. The molecule has 0 rings (SSSR count). The number of rotatable bonds is 28. The van der Waals surface area contributed by atoms with Gasteiger partial charge in [-0.05, 0) is 38.5 Å². The molecular formula is C31H60NO8P. The van der Waals surface area contributed by atoms with E-state index in [4.69, 9.17) is 18.5 Å². The first-order valence-electron chi connectivity index (χ1n) is 15.9. The highest BCUT2D eigenvalue weighted by atomic mass is 31.2. The van der Waals surface area contributed by atoms with E-state index in [1.807, 2.05) is 28.1 Å². The van der Waals surface area contributed by atoms with E-state index >= 15 is 0 Å². The summed E-state index contributed by atoms with van der Waals surface area (Å²) in [4.78, 5) is 36.4. The molecule has 0 aliphatic carbocycles. The van der Waals surface area contributed by atoms with Crippen LogP contribution in [-0.2, 0) is 32.7 Å². The van der Waals surface area contributed by atoms with E-state index in [-0.39, 0.29) is 26.1 Å². The summed E-state index contributed by atoms with van der Waals surface area (Å²) in [5.74, 6) is -0.887. The van der Waals surface area contributed by atoms with Gasteiger partial charge >= 0.3 is 11.9 Å². The fourth-order valence-corrected chi connectivity index (χ4v) is 4.65. The fraction of sp³-hybridized carbons (Fsp3) is 0.871. The normalized spacial score (nSPS) is 14.2.